The number of aromatic nitrogens is 3. The van der Waals surface area contributed by atoms with Crippen molar-refractivity contribution in [2.75, 3.05) is 19.0 Å². The van der Waals surface area contributed by atoms with Gasteiger partial charge in [0.2, 0.25) is 0 Å². The van der Waals surface area contributed by atoms with E-state index < -0.39 is 0 Å². The Kier molecular flexibility index (Phi) is 4.55. The van der Waals surface area contributed by atoms with Crippen LogP contribution >= 0.6 is 0 Å². The van der Waals surface area contributed by atoms with Gasteiger partial charge in [0.15, 0.2) is 11.9 Å². The van der Waals surface area contributed by atoms with Gasteiger partial charge in [0.1, 0.15) is 5.82 Å². The molecule has 1 saturated heterocycles. The van der Waals surface area contributed by atoms with Crippen LogP contribution in [0.1, 0.15) is 52.0 Å². The van der Waals surface area contributed by atoms with E-state index in [0.717, 1.165) is 48.4 Å². The van der Waals surface area contributed by atoms with Crippen LogP contribution in [0.2, 0.25) is 0 Å². The van der Waals surface area contributed by atoms with Crippen LogP contribution in [0.5, 0.6) is 0 Å². The summed E-state index contributed by atoms with van der Waals surface area (Å²) in [6.07, 6.45) is 3.22. The second kappa shape index (κ2) is 6.45. The van der Waals surface area contributed by atoms with Gasteiger partial charge in [-0.05, 0) is 52.2 Å². The molecule has 1 N–H and O–H groups in total. The number of fused-ring (bicyclic) bond motifs is 1. The predicted octanol–water partition coefficient (Wildman–Crippen LogP) is 3.49. The van der Waals surface area contributed by atoms with E-state index in [-0.39, 0.29) is 11.8 Å². The second-order valence-electron chi connectivity index (χ2n) is 7.09. The summed E-state index contributed by atoms with van der Waals surface area (Å²) < 4.78 is 13.1. The minimum absolute atomic E-state index is 0.0331. The Bertz CT molecular complexity index is 669. The quantitative estimate of drug-likeness (QED) is 0.935. The zero-order valence-electron chi connectivity index (χ0n) is 14.4. The number of pyridine rings is 1. The SMILES string of the molecule is COCc1nn(C2CCCCO2)c2nc(NC(C)(C)C)ccc12. The first-order valence-corrected chi connectivity index (χ1v) is 8.25. The predicted molar refractivity (Wildman–Crippen MR) is 90.5 cm³/mol. The summed E-state index contributed by atoms with van der Waals surface area (Å²) in [5.41, 5.74) is 1.73. The van der Waals surface area contributed by atoms with E-state index >= 15 is 0 Å². The Labute approximate surface area is 137 Å². The highest BCUT2D eigenvalue weighted by molar-refractivity contribution is 5.80. The molecule has 0 radical (unpaired) electrons. The zero-order valence-corrected chi connectivity index (χ0v) is 14.4. The van der Waals surface area contributed by atoms with Gasteiger partial charge in [0.25, 0.3) is 0 Å². The Hall–Kier alpha value is -1.66. The molecule has 0 aromatic carbocycles. The van der Waals surface area contributed by atoms with Crippen LogP contribution in [0.3, 0.4) is 0 Å². The average molecular weight is 318 g/mol. The molecule has 0 saturated carbocycles. The van der Waals surface area contributed by atoms with E-state index in [2.05, 4.69) is 32.2 Å². The molecule has 23 heavy (non-hydrogen) atoms. The van der Waals surface area contributed by atoms with Gasteiger partial charge in [-0.3, -0.25) is 0 Å². The third-order valence-corrected chi connectivity index (χ3v) is 3.84. The molecule has 1 fully saturated rings. The minimum atomic E-state index is -0.0395. The molecular formula is C17H26N4O2. The maximum Gasteiger partial charge on any atom is 0.163 e. The molecule has 0 amide bonds. The summed E-state index contributed by atoms with van der Waals surface area (Å²) >= 11 is 0. The number of ether oxygens (including phenoxy) is 2. The summed E-state index contributed by atoms with van der Waals surface area (Å²) in [4.78, 5) is 4.79. The Balaban J connectivity index is 2.03. The molecule has 6 heteroatoms. The van der Waals surface area contributed by atoms with Crippen molar-refractivity contribution in [3.63, 3.8) is 0 Å². The van der Waals surface area contributed by atoms with Gasteiger partial charge in [-0.25, -0.2) is 9.67 Å². The average Bonchev–Trinajstić information content (AvgIpc) is 2.85. The van der Waals surface area contributed by atoms with Crippen molar-refractivity contribution in [1.29, 1.82) is 0 Å². The lowest BCUT2D eigenvalue weighted by molar-refractivity contribution is -0.0374. The highest BCUT2D eigenvalue weighted by Gasteiger charge is 2.22. The Morgan fingerprint density at radius 3 is 2.83 bits per heavy atom. The van der Waals surface area contributed by atoms with E-state index in [1.807, 2.05) is 10.7 Å². The molecule has 1 unspecified atom stereocenters. The maximum absolute atomic E-state index is 5.90. The smallest absolute Gasteiger partial charge is 0.163 e. The molecule has 6 nitrogen and oxygen atoms in total. The summed E-state index contributed by atoms with van der Waals surface area (Å²) in [5.74, 6) is 0.853. The van der Waals surface area contributed by atoms with Crippen molar-refractivity contribution < 1.29 is 9.47 Å². The number of rotatable bonds is 4. The molecule has 1 atom stereocenters. The number of anilines is 1. The van der Waals surface area contributed by atoms with Gasteiger partial charge in [0, 0.05) is 24.6 Å². The van der Waals surface area contributed by atoms with Crippen LogP contribution in [0.25, 0.3) is 11.0 Å². The monoisotopic (exact) mass is 318 g/mol. The number of nitrogens with one attached hydrogen (secondary N) is 1. The van der Waals surface area contributed by atoms with E-state index in [4.69, 9.17) is 19.6 Å². The molecule has 126 valence electrons. The molecule has 3 rings (SSSR count). The van der Waals surface area contributed by atoms with Gasteiger partial charge >= 0.3 is 0 Å². The Morgan fingerprint density at radius 1 is 1.35 bits per heavy atom. The van der Waals surface area contributed by atoms with Crippen molar-refractivity contribution in [2.45, 2.75) is 58.4 Å². The second-order valence-corrected chi connectivity index (χ2v) is 7.09. The van der Waals surface area contributed by atoms with Crippen LogP contribution in [-0.4, -0.2) is 34.0 Å². The van der Waals surface area contributed by atoms with Gasteiger partial charge in [-0.1, -0.05) is 0 Å². The lowest BCUT2D eigenvalue weighted by atomic mass is 10.1. The first kappa shape index (κ1) is 16.2. The molecule has 3 heterocycles. The highest BCUT2D eigenvalue weighted by Crippen LogP contribution is 2.28. The first-order valence-electron chi connectivity index (χ1n) is 8.25. The Morgan fingerprint density at radius 2 is 2.17 bits per heavy atom. The highest BCUT2D eigenvalue weighted by atomic mass is 16.5. The molecule has 0 aliphatic carbocycles. The normalized spacial score (nSPS) is 19.2. The fourth-order valence-electron chi connectivity index (χ4n) is 2.89. The maximum atomic E-state index is 5.90. The topological polar surface area (TPSA) is 61.2 Å². The molecule has 0 bridgehead atoms. The number of hydrogen-bond donors (Lipinski definition) is 1. The zero-order chi connectivity index (χ0) is 16.4. The number of methoxy groups -OCH3 is 1. The van der Waals surface area contributed by atoms with Crippen molar-refractivity contribution in [3.05, 3.63) is 17.8 Å². The van der Waals surface area contributed by atoms with Crippen molar-refractivity contribution in [1.82, 2.24) is 14.8 Å². The largest absolute Gasteiger partial charge is 0.378 e. The van der Waals surface area contributed by atoms with Gasteiger partial charge in [-0.15, -0.1) is 0 Å². The fourth-order valence-corrected chi connectivity index (χ4v) is 2.89. The third kappa shape index (κ3) is 3.64. The van der Waals surface area contributed by atoms with Crippen molar-refractivity contribution >= 4 is 16.9 Å². The van der Waals surface area contributed by atoms with Crippen molar-refractivity contribution in [3.8, 4) is 0 Å². The number of hydrogen-bond acceptors (Lipinski definition) is 5. The van der Waals surface area contributed by atoms with Crippen LogP contribution in [0.4, 0.5) is 5.82 Å². The minimum Gasteiger partial charge on any atom is -0.378 e. The summed E-state index contributed by atoms with van der Waals surface area (Å²) in [6, 6.07) is 4.07. The molecule has 2 aromatic rings. The number of nitrogens with zero attached hydrogens (tertiary/aromatic N) is 3. The third-order valence-electron chi connectivity index (χ3n) is 3.84. The van der Waals surface area contributed by atoms with Crippen LogP contribution < -0.4 is 5.32 Å². The van der Waals surface area contributed by atoms with Crippen LogP contribution in [-0.2, 0) is 16.1 Å². The van der Waals surface area contributed by atoms with E-state index in [9.17, 15) is 0 Å². The lowest BCUT2D eigenvalue weighted by Crippen LogP contribution is -2.26. The molecular weight excluding hydrogens is 292 g/mol. The summed E-state index contributed by atoms with van der Waals surface area (Å²) in [7, 11) is 1.69. The van der Waals surface area contributed by atoms with E-state index in [1.54, 1.807) is 7.11 Å². The van der Waals surface area contributed by atoms with E-state index in [0.29, 0.717) is 6.61 Å². The van der Waals surface area contributed by atoms with Crippen LogP contribution in [0, 0.1) is 0 Å². The molecule has 0 spiro atoms. The van der Waals surface area contributed by atoms with E-state index in [1.165, 1.54) is 0 Å². The summed E-state index contributed by atoms with van der Waals surface area (Å²) in [5, 5.41) is 9.17. The first-order chi connectivity index (χ1) is 11.0. The molecule has 2 aromatic heterocycles. The van der Waals surface area contributed by atoms with Gasteiger partial charge in [-0.2, -0.15) is 5.10 Å². The molecule has 1 aliphatic rings. The van der Waals surface area contributed by atoms with Gasteiger partial charge in [0.05, 0.1) is 12.3 Å². The standard InChI is InChI=1S/C17H26N4O2/c1-17(2,3)19-14-9-8-12-13(11-22-4)20-21(16(12)18-14)15-7-5-6-10-23-15/h8-9,15H,5-7,10-11H2,1-4H3,(H,18,19). The van der Waals surface area contributed by atoms with Crippen molar-refractivity contribution in [2.24, 2.45) is 0 Å². The fraction of sp³-hybridized carbons (Fsp3) is 0.647. The summed E-state index contributed by atoms with van der Waals surface area (Å²) in [6.45, 7) is 7.62. The molecule has 1 aliphatic heterocycles. The van der Waals surface area contributed by atoms with Gasteiger partial charge < -0.3 is 14.8 Å². The lowest BCUT2D eigenvalue weighted by Gasteiger charge is -2.24. The van der Waals surface area contributed by atoms with Crippen LogP contribution in [0.15, 0.2) is 12.1 Å².